The van der Waals surface area contributed by atoms with Gasteiger partial charge in [-0.2, -0.15) is 11.8 Å². The van der Waals surface area contributed by atoms with Crippen LogP contribution < -0.4 is 5.32 Å². The Kier molecular flexibility index (Phi) is 6.80. The minimum absolute atomic E-state index is 0.192. The highest BCUT2D eigenvalue weighted by Gasteiger charge is 2.10. The summed E-state index contributed by atoms with van der Waals surface area (Å²) in [7, 11) is 1.63. The molecular formula is C7H13ClN2O2S. The Morgan fingerprint density at radius 1 is 1.54 bits per heavy atom. The average Bonchev–Trinajstić information content (AvgIpc) is 2.13. The van der Waals surface area contributed by atoms with Gasteiger partial charge in [-0.15, -0.1) is 11.6 Å². The number of carbonyl (C=O) groups excluding carboxylic acids is 2. The van der Waals surface area contributed by atoms with Crippen LogP contribution in [0.1, 0.15) is 0 Å². The fourth-order valence-electron chi connectivity index (χ4n) is 0.578. The maximum atomic E-state index is 11.1. The molecule has 0 aliphatic carbocycles. The predicted octanol–water partition coefficient (Wildman–Crippen LogP) is 0.756. The van der Waals surface area contributed by atoms with Gasteiger partial charge >= 0.3 is 6.03 Å². The van der Waals surface area contributed by atoms with Crippen LogP contribution in [-0.4, -0.2) is 48.3 Å². The van der Waals surface area contributed by atoms with Crippen molar-refractivity contribution in [3.05, 3.63) is 0 Å². The molecule has 0 saturated carbocycles. The van der Waals surface area contributed by atoms with Crippen molar-refractivity contribution in [3.63, 3.8) is 0 Å². The number of hydrogen-bond acceptors (Lipinski definition) is 3. The van der Waals surface area contributed by atoms with E-state index in [1.54, 1.807) is 18.8 Å². The van der Waals surface area contributed by atoms with Crippen molar-refractivity contribution in [2.24, 2.45) is 0 Å². The van der Waals surface area contributed by atoms with Crippen molar-refractivity contribution in [2.75, 3.05) is 31.5 Å². The first kappa shape index (κ1) is 12.6. The molecule has 0 bridgehead atoms. The summed E-state index contributed by atoms with van der Waals surface area (Å²) in [6.45, 7) is 0.614. The summed E-state index contributed by atoms with van der Waals surface area (Å²) in [4.78, 5) is 23.3. The lowest BCUT2D eigenvalue weighted by Crippen LogP contribution is -2.42. The standard InChI is InChI=1S/C7H13ClN2O2S/c1-10(3-4-13-2)7(12)9-6(11)5-8/h3-5H2,1-2H3,(H,9,11,12). The molecule has 3 amide bonds. The molecule has 0 radical (unpaired) electrons. The molecule has 1 N–H and O–H groups in total. The molecule has 0 atom stereocenters. The Labute approximate surface area is 87.0 Å². The third-order valence-electron chi connectivity index (χ3n) is 1.35. The summed E-state index contributed by atoms with van der Waals surface area (Å²) in [6.07, 6.45) is 1.95. The Balaban J connectivity index is 3.75. The van der Waals surface area contributed by atoms with Crippen LogP contribution in [0.2, 0.25) is 0 Å². The minimum atomic E-state index is -0.470. The second kappa shape index (κ2) is 7.03. The van der Waals surface area contributed by atoms with E-state index in [1.165, 1.54) is 4.90 Å². The topological polar surface area (TPSA) is 49.4 Å². The Hall–Kier alpha value is -0.420. The summed E-state index contributed by atoms with van der Waals surface area (Å²) >= 11 is 6.86. The molecule has 76 valence electrons. The zero-order valence-electron chi connectivity index (χ0n) is 7.67. The number of urea groups is 1. The minimum Gasteiger partial charge on any atom is -0.327 e. The lowest BCUT2D eigenvalue weighted by atomic mass is 10.6. The Bertz CT molecular complexity index is 189. The lowest BCUT2D eigenvalue weighted by Gasteiger charge is -2.15. The van der Waals surface area contributed by atoms with Crippen LogP contribution in [0, 0.1) is 0 Å². The SMILES string of the molecule is CSCCN(C)C(=O)NC(=O)CCl. The van der Waals surface area contributed by atoms with Crippen molar-refractivity contribution >= 4 is 35.3 Å². The van der Waals surface area contributed by atoms with Crippen LogP contribution >= 0.6 is 23.4 Å². The normalized spacial score (nSPS) is 9.46. The number of carbonyl (C=O) groups is 2. The molecule has 13 heavy (non-hydrogen) atoms. The van der Waals surface area contributed by atoms with E-state index in [0.29, 0.717) is 6.54 Å². The second-order valence-corrected chi connectivity index (χ2v) is 3.65. The molecular weight excluding hydrogens is 212 g/mol. The van der Waals surface area contributed by atoms with E-state index >= 15 is 0 Å². The van der Waals surface area contributed by atoms with Gasteiger partial charge in [0.1, 0.15) is 5.88 Å². The summed E-state index contributed by atoms with van der Waals surface area (Å²) < 4.78 is 0. The van der Waals surface area contributed by atoms with Gasteiger partial charge < -0.3 is 4.90 Å². The van der Waals surface area contributed by atoms with Crippen molar-refractivity contribution in [1.82, 2.24) is 10.2 Å². The molecule has 0 aromatic carbocycles. The third-order valence-corrected chi connectivity index (χ3v) is 2.18. The van der Waals surface area contributed by atoms with Crippen LogP contribution in [0.15, 0.2) is 0 Å². The maximum Gasteiger partial charge on any atom is 0.323 e. The van der Waals surface area contributed by atoms with Gasteiger partial charge in [-0.05, 0) is 6.26 Å². The summed E-state index contributed by atoms with van der Waals surface area (Å²) in [5, 5.41) is 2.15. The van der Waals surface area contributed by atoms with E-state index in [1.807, 2.05) is 6.26 Å². The molecule has 0 saturated heterocycles. The quantitative estimate of drug-likeness (QED) is 0.718. The van der Waals surface area contributed by atoms with Gasteiger partial charge in [0.2, 0.25) is 5.91 Å². The molecule has 0 unspecified atom stereocenters. The number of alkyl halides is 1. The van der Waals surface area contributed by atoms with Crippen LogP contribution in [0.3, 0.4) is 0 Å². The number of amides is 3. The van der Waals surface area contributed by atoms with Crippen LogP contribution in [0.25, 0.3) is 0 Å². The number of thioether (sulfide) groups is 1. The molecule has 0 aromatic heterocycles. The first-order valence-corrected chi connectivity index (χ1v) is 5.64. The van der Waals surface area contributed by atoms with Crippen LogP contribution in [0.5, 0.6) is 0 Å². The number of rotatable bonds is 4. The molecule has 0 aromatic rings. The zero-order valence-corrected chi connectivity index (χ0v) is 9.24. The number of halogens is 1. The molecule has 0 aliphatic rings. The molecule has 4 nitrogen and oxygen atoms in total. The molecule has 0 fully saturated rings. The van der Waals surface area contributed by atoms with Gasteiger partial charge in [-0.1, -0.05) is 0 Å². The van der Waals surface area contributed by atoms with Gasteiger partial charge in [0, 0.05) is 19.3 Å². The maximum absolute atomic E-state index is 11.1. The number of nitrogens with zero attached hydrogens (tertiary/aromatic N) is 1. The highest BCUT2D eigenvalue weighted by molar-refractivity contribution is 7.98. The fourth-order valence-corrected chi connectivity index (χ4v) is 1.10. The summed E-state index contributed by atoms with van der Waals surface area (Å²) in [5.74, 6) is 0.184. The van der Waals surface area contributed by atoms with E-state index in [0.717, 1.165) is 5.75 Å². The Morgan fingerprint density at radius 2 is 2.15 bits per heavy atom. The number of hydrogen-bond donors (Lipinski definition) is 1. The monoisotopic (exact) mass is 224 g/mol. The first-order chi connectivity index (χ1) is 6.11. The smallest absolute Gasteiger partial charge is 0.323 e. The van der Waals surface area contributed by atoms with Gasteiger partial charge in [-0.3, -0.25) is 10.1 Å². The molecule has 0 aliphatic heterocycles. The van der Waals surface area contributed by atoms with Crippen molar-refractivity contribution in [1.29, 1.82) is 0 Å². The van der Waals surface area contributed by atoms with E-state index in [-0.39, 0.29) is 5.88 Å². The van der Waals surface area contributed by atoms with Crippen molar-refractivity contribution < 1.29 is 9.59 Å². The fraction of sp³-hybridized carbons (Fsp3) is 0.714. The van der Waals surface area contributed by atoms with Crippen LogP contribution in [0.4, 0.5) is 4.79 Å². The largest absolute Gasteiger partial charge is 0.327 e. The summed E-state index contributed by atoms with van der Waals surface area (Å²) in [5.41, 5.74) is 0. The van der Waals surface area contributed by atoms with Gasteiger partial charge in [0.15, 0.2) is 0 Å². The lowest BCUT2D eigenvalue weighted by molar-refractivity contribution is -0.117. The number of nitrogens with one attached hydrogen (secondary N) is 1. The van der Waals surface area contributed by atoms with E-state index in [4.69, 9.17) is 11.6 Å². The predicted molar refractivity (Wildman–Crippen MR) is 55.3 cm³/mol. The second-order valence-electron chi connectivity index (χ2n) is 2.40. The average molecular weight is 225 g/mol. The van der Waals surface area contributed by atoms with Crippen molar-refractivity contribution in [2.45, 2.75) is 0 Å². The van der Waals surface area contributed by atoms with E-state index in [9.17, 15) is 9.59 Å². The molecule has 0 heterocycles. The van der Waals surface area contributed by atoms with E-state index < -0.39 is 11.9 Å². The number of imide groups is 1. The van der Waals surface area contributed by atoms with Crippen molar-refractivity contribution in [3.8, 4) is 0 Å². The Morgan fingerprint density at radius 3 is 2.62 bits per heavy atom. The molecule has 6 heteroatoms. The third kappa shape index (κ3) is 5.76. The summed E-state index contributed by atoms with van der Waals surface area (Å²) in [6, 6.07) is -0.403. The van der Waals surface area contributed by atoms with Gasteiger partial charge in [-0.25, -0.2) is 4.79 Å². The highest BCUT2D eigenvalue weighted by Crippen LogP contribution is 1.93. The van der Waals surface area contributed by atoms with Gasteiger partial charge in [0.05, 0.1) is 0 Å². The van der Waals surface area contributed by atoms with E-state index in [2.05, 4.69) is 5.32 Å². The molecule has 0 rings (SSSR count). The first-order valence-electron chi connectivity index (χ1n) is 3.71. The highest BCUT2D eigenvalue weighted by atomic mass is 35.5. The van der Waals surface area contributed by atoms with Crippen LogP contribution in [-0.2, 0) is 4.79 Å². The zero-order chi connectivity index (χ0) is 10.3. The van der Waals surface area contributed by atoms with Gasteiger partial charge in [0.25, 0.3) is 0 Å². The molecule has 0 spiro atoms.